The molecule has 0 saturated carbocycles. The van der Waals surface area contributed by atoms with Crippen LogP contribution in [0, 0.1) is 0 Å². The predicted octanol–water partition coefficient (Wildman–Crippen LogP) is 21.4. The number of nitrogens with zero attached hydrogens (tertiary/aromatic N) is 1. The normalized spacial score (nSPS) is 11.4. The molecule has 0 fully saturated rings. The van der Waals surface area contributed by atoms with Crippen molar-refractivity contribution in [2.24, 2.45) is 0 Å². The van der Waals surface area contributed by atoms with E-state index in [1.807, 2.05) is 0 Å². The highest BCUT2D eigenvalue weighted by molar-refractivity contribution is 6.09. The van der Waals surface area contributed by atoms with Gasteiger partial charge >= 0.3 is 0 Å². The summed E-state index contributed by atoms with van der Waals surface area (Å²) >= 11 is 0. The molecule has 0 bridgehead atoms. The molecule has 360 valence electrons. The highest BCUT2D eigenvalue weighted by atomic mass is 15.1. The molecule has 14 aromatic carbocycles. The van der Waals surface area contributed by atoms with Crippen molar-refractivity contribution < 1.29 is 0 Å². The van der Waals surface area contributed by atoms with Crippen molar-refractivity contribution in [3.8, 4) is 77.9 Å². The predicted molar refractivity (Wildman–Crippen MR) is 329 cm³/mol. The van der Waals surface area contributed by atoms with Gasteiger partial charge in [0, 0.05) is 17.1 Å². The molecule has 0 aliphatic rings. The molecule has 0 spiro atoms. The molecule has 14 aromatic rings. The molecule has 77 heavy (non-hydrogen) atoms. The molecule has 0 heterocycles. The summed E-state index contributed by atoms with van der Waals surface area (Å²) in [7, 11) is 0. The number of rotatable bonds is 10. The lowest BCUT2D eigenvalue weighted by molar-refractivity contribution is 1.28. The van der Waals surface area contributed by atoms with Gasteiger partial charge in [0.05, 0.1) is 0 Å². The van der Waals surface area contributed by atoms with E-state index in [0.29, 0.717) is 0 Å². The van der Waals surface area contributed by atoms with E-state index in [4.69, 9.17) is 0 Å². The first-order valence-corrected chi connectivity index (χ1v) is 26.5. The second-order valence-electron chi connectivity index (χ2n) is 20.1. The van der Waals surface area contributed by atoms with Gasteiger partial charge in [-0.3, -0.25) is 0 Å². The van der Waals surface area contributed by atoms with E-state index in [1.165, 1.54) is 115 Å². The minimum Gasteiger partial charge on any atom is -0.311 e. The third-order valence-electron chi connectivity index (χ3n) is 15.5. The van der Waals surface area contributed by atoms with Crippen LogP contribution in [0.2, 0.25) is 0 Å². The SMILES string of the molecule is c1ccc(-c2cc(-c3ccccc3)cc(-c3ccc(N(c4ccc(-c5ccc(-c6ccc7c(ccc8ccccc87)c6)cc5)cc4)c4ccc(-c5ccc(-c6ccc7c(ccc8ccccc87)c6)cc5)cc4)cc3)c2)cc1. The number of hydrogen-bond acceptors (Lipinski definition) is 1. The zero-order chi connectivity index (χ0) is 51.1. The van der Waals surface area contributed by atoms with Gasteiger partial charge in [-0.15, -0.1) is 0 Å². The van der Waals surface area contributed by atoms with E-state index in [1.54, 1.807) is 0 Å². The average molecular weight is 978 g/mol. The lowest BCUT2D eigenvalue weighted by atomic mass is 9.93. The summed E-state index contributed by atoms with van der Waals surface area (Å²) in [6, 6.07) is 113. The van der Waals surface area contributed by atoms with E-state index in [-0.39, 0.29) is 0 Å². The van der Waals surface area contributed by atoms with Crippen molar-refractivity contribution in [1.29, 1.82) is 0 Å². The van der Waals surface area contributed by atoms with Crippen molar-refractivity contribution >= 4 is 60.2 Å². The number of fused-ring (bicyclic) bond motifs is 6. The quantitative estimate of drug-likeness (QED) is 0.123. The third-order valence-corrected chi connectivity index (χ3v) is 15.5. The maximum atomic E-state index is 2.37. The van der Waals surface area contributed by atoms with Crippen LogP contribution in [0.25, 0.3) is 121 Å². The molecule has 14 rings (SSSR count). The van der Waals surface area contributed by atoms with Crippen LogP contribution in [0.3, 0.4) is 0 Å². The van der Waals surface area contributed by atoms with Crippen LogP contribution in [-0.4, -0.2) is 0 Å². The Morgan fingerprint density at radius 1 is 0.143 bits per heavy atom. The molecule has 0 radical (unpaired) electrons. The average Bonchev–Trinajstić information content (AvgIpc) is 3.52. The zero-order valence-corrected chi connectivity index (χ0v) is 42.4. The van der Waals surface area contributed by atoms with Crippen LogP contribution in [0.15, 0.2) is 309 Å². The highest BCUT2D eigenvalue weighted by Crippen LogP contribution is 2.40. The Morgan fingerprint density at radius 2 is 0.390 bits per heavy atom. The molecule has 1 nitrogen and oxygen atoms in total. The minimum absolute atomic E-state index is 1.08. The van der Waals surface area contributed by atoms with E-state index in [9.17, 15) is 0 Å². The van der Waals surface area contributed by atoms with E-state index < -0.39 is 0 Å². The third kappa shape index (κ3) is 8.90. The Bertz CT molecular complexity index is 4160. The molecule has 0 N–H and O–H groups in total. The first kappa shape index (κ1) is 45.5. The van der Waals surface area contributed by atoms with Crippen molar-refractivity contribution in [3.63, 3.8) is 0 Å². The van der Waals surface area contributed by atoms with Crippen molar-refractivity contribution in [2.45, 2.75) is 0 Å². The lowest BCUT2D eigenvalue weighted by Crippen LogP contribution is -2.09. The monoisotopic (exact) mass is 977 g/mol. The fraction of sp³-hybridized carbons (Fsp3) is 0. The Hall–Kier alpha value is -10.1. The van der Waals surface area contributed by atoms with Gasteiger partial charge in [-0.25, -0.2) is 0 Å². The molecule has 0 amide bonds. The van der Waals surface area contributed by atoms with Gasteiger partial charge in [0.2, 0.25) is 0 Å². The molecule has 0 aliphatic heterocycles. The van der Waals surface area contributed by atoms with E-state index in [0.717, 1.165) is 22.6 Å². The summed E-state index contributed by atoms with van der Waals surface area (Å²) < 4.78 is 0. The van der Waals surface area contributed by atoms with Gasteiger partial charge in [0.15, 0.2) is 0 Å². The Balaban J connectivity index is 0.779. The van der Waals surface area contributed by atoms with Gasteiger partial charge in [0.1, 0.15) is 0 Å². The van der Waals surface area contributed by atoms with Crippen LogP contribution in [0.4, 0.5) is 17.1 Å². The lowest BCUT2D eigenvalue weighted by Gasteiger charge is -2.26. The van der Waals surface area contributed by atoms with Gasteiger partial charge in [-0.1, -0.05) is 243 Å². The van der Waals surface area contributed by atoms with Crippen LogP contribution >= 0.6 is 0 Å². The summed E-state index contributed by atoms with van der Waals surface area (Å²) in [5.41, 5.74) is 19.9. The maximum absolute atomic E-state index is 2.37. The molecule has 0 aliphatic carbocycles. The summed E-state index contributed by atoms with van der Waals surface area (Å²) in [6.07, 6.45) is 0. The van der Waals surface area contributed by atoms with Crippen LogP contribution in [-0.2, 0) is 0 Å². The van der Waals surface area contributed by atoms with E-state index in [2.05, 4.69) is 314 Å². The highest BCUT2D eigenvalue weighted by Gasteiger charge is 2.16. The van der Waals surface area contributed by atoms with Crippen molar-refractivity contribution in [3.05, 3.63) is 309 Å². The molecular formula is C76H51N. The van der Waals surface area contributed by atoms with Crippen LogP contribution in [0.1, 0.15) is 0 Å². The van der Waals surface area contributed by atoms with Crippen LogP contribution in [0.5, 0.6) is 0 Å². The first-order chi connectivity index (χ1) is 38.1. The van der Waals surface area contributed by atoms with E-state index >= 15 is 0 Å². The smallest absolute Gasteiger partial charge is 0.0462 e. The number of anilines is 3. The number of benzene rings is 14. The molecule has 0 aromatic heterocycles. The van der Waals surface area contributed by atoms with Gasteiger partial charge in [0.25, 0.3) is 0 Å². The zero-order valence-electron chi connectivity index (χ0n) is 42.4. The van der Waals surface area contributed by atoms with Gasteiger partial charge < -0.3 is 4.90 Å². The summed E-state index contributed by atoms with van der Waals surface area (Å²) in [4.78, 5) is 2.37. The summed E-state index contributed by atoms with van der Waals surface area (Å²) in [5.74, 6) is 0. The maximum Gasteiger partial charge on any atom is 0.0462 e. The van der Waals surface area contributed by atoms with Gasteiger partial charge in [-0.05, 0) is 188 Å². The minimum atomic E-state index is 1.08. The standard InChI is InChI=1S/C76H51N/c1-3-11-52(12-4-1)67-49-68(53-13-5-2-6-14-53)51-69(50-67)60-35-43-72(44-36-60)77(70-39-31-56(32-40-70)54-19-23-58(24-20-54)63-37-45-75-65(47-63)29-27-61-15-7-9-17-73(61)75)71-41-33-57(34-42-71)55-21-25-59(26-22-55)64-38-46-76-66(48-64)30-28-62-16-8-10-18-74(62)76/h1-51H. The second-order valence-corrected chi connectivity index (χ2v) is 20.1. The Morgan fingerprint density at radius 3 is 0.753 bits per heavy atom. The van der Waals surface area contributed by atoms with Crippen molar-refractivity contribution in [2.75, 3.05) is 4.90 Å². The Kier molecular flexibility index (Phi) is 11.6. The largest absolute Gasteiger partial charge is 0.311 e. The first-order valence-electron chi connectivity index (χ1n) is 26.5. The molecule has 0 saturated heterocycles. The summed E-state index contributed by atoms with van der Waals surface area (Å²) in [6.45, 7) is 0. The van der Waals surface area contributed by atoms with Gasteiger partial charge in [-0.2, -0.15) is 0 Å². The molecule has 0 atom stereocenters. The number of hydrogen-bond donors (Lipinski definition) is 0. The summed E-state index contributed by atoms with van der Waals surface area (Å²) in [5, 5.41) is 10.2. The fourth-order valence-corrected chi connectivity index (χ4v) is 11.3. The molecular weight excluding hydrogens is 927 g/mol. The molecule has 0 unspecified atom stereocenters. The Labute approximate surface area is 449 Å². The fourth-order valence-electron chi connectivity index (χ4n) is 11.3. The van der Waals surface area contributed by atoms with Crippen molar-refractivity contribution in [1.82, 2.24) is 0 Å². The second kappa shape index (κ2) is 19.6. The van der Waals surface area contributed by atoms with Crippen LogP contribution < -0.4 is 4.90 Å². The topological polar surface area (TPSA) is 3.24 Å². The molecule has 1 heteroatoms.